The molecule has 0 radical (unpaired) electrons. The minimum Gasteiger partial charge on any atom is -0.348 e. The van der Waals surface area contributed by atoms with Crippen molar-refractivity contribution in [2.45, 2.75) is 20.4 Å². The highest BCUT2D eigenvalue weighted by molar-refractivity contribution is 6.03. The van der Waals surface area contributed by atoms with Gasteiger partial charge in [-0.1, -0.05) is 17.7 Å². The molecule has 7 heteroatoms. The van der Waals surface area contributed by atoms with E-state index in [1.807, 2.05) is 26.0 Å². The molecule has 2 heterocycles. The van der Waals surface area contributed by atoms with Crippen LogP contribution in [0.25, 0.3) is 5.65 Å². The van der Waals surface area contributed by atoms with Crippen molar-refractivity contribution in [2.75, 3.05) is 5.32 Å². The maximum Gasteiger partial charge on any atom is 0.256 e. The van der Waals surface area contributed by atoms with E-state index < -0.39 is 0 Å². The summed E-state index contributed by atoms with van der Waals surface area (Å²) in [6.45, 7) is 4.14. The molecule has 0 aliphatic carbocycles. The molecule has 0 atom stereocenters. The fraction of sp³-hybridized carbons (Fsp3) is 0.158. The van der Waals surface area contributed by atoms with E-state index in [2.05, 4.69) is 20.7 Å². The van der Waals surface area contributed by atoms with Crippen LogP contribution in [0.15, 0.2) is 60.4 Å². The van der Waals surface area contributed by atoms with Crippen molar-refractivity contribution in [3.63, 3.8) is 0 Å². The molecule has 0 spiro atoms. The fourth-order valence-electron chi connectivity index (χ4n) is 2.39. The van der Waals surface area contributed by atoms with Crippen molar-refractivity contribution in [3.05, 3.63) is 71.6 Å². The molecule has 2 N–H and O–H groups in total. The average Bonchev–Trinajstić information content (AvgIpc) is 3.09. The maximum atomic E-state index is 12.4. The summed E-state index contributed by atoms with van der Waals surface area (Å²) in [7, 11) is 0. The number of fused-ring (bicyclic) bond motifs is 1. The van der Waals surface area contributed by atoms with E-state index in [-0.39, 0.29) is 11.8 Å². The zero-order valence-electron chi connectivity index (χ0n) is 14.6. The van der Waals surface area contributed by atoms with Crippen LogP contribution in [0.1, 0.15) is 29.8 Å². The van der Waals surface area contributed by atoms with Gasteiger partial charge in [-0.05, 0) is 37.6 Å². The summed E-state index contributed by atoms with van der Waals surface area (Å²) in [4.78, 5) is 28.2. The van der Waals surface area contributed by atoms with Crippen LogP contribution < -0.4 is 10.6 Å². The highest BCUT2D eigenvalue weighted by Crippen LogP contribution is 2.11. The average molecular weight is 349 g/mol. The third kappa shape index (κ3) is 4.13. The monoisotopic (exact) mass is 349 g/mol. The van der Waals surface area contributed by atoms with E-state index in [0.29, 0.717) is 23.6 Å². The second-order valence-corrected chi connectivity index (χ2v) is 6.02. The number of nitrogens with zero attached hydrogens (tertiary/aromatic N) is 3. The minimum absolute atomic E-state index is 0.132. The van der Waals surface area contributed by atoms with Crippen molar-refractivity contribution < 1.29 is 9.59 Å². The molecule has 26 heavy (non-hydrogen) atoms. The van der Waals surface area contributed by atoms with E-state index in [4.69, 9.17) is 0 Å². The number of nitrogens with one attached hydrogen (secondary N) is 2. The summed E-state index contributed by atoms with van der Waals surface area (Å²) < 4.78 is 1.56. The third-order valence-corrected chi connectivity index (χ3v) is 3.63. The van der Waals surface area contributed by atoms with E-state index in [1.54, 1.807) is 47.3 Å². The van der Waals surface area contributed by atoms with Gasteiger partial charge in [0, 0.05) is 30.4 Å². The predicted molar refractivity (Wildman–Crippen MR) is 98.7 cm³/mol. The summed E-state index contributed by atoms with van der Waals surface area (Å²) in [5, 5.41) is 9.76. The van der Waals surface area contributed by atoms with E-state index in [9.17, 15) is 9.59 Å². The Hall–Kier alpha value is -3.48. The summed E-state index contributed by atoms with van der Waals surface area (Å²) in [5.41, 5.74) is 3.03. The van der Waals surface area contributed by atoms with Gasteiger partial charge in [-0.2, -0.15) is 9.61 Å². The Balaban J connectivity index is 1.65. The molecule has 1 aromatic carbocycles. The van der Waals surface area contributed by atoms with Crippen molar-refractivity contribution in [1.29, 1.82) is 0 Å². The first-order chi connectivity index (χ1) is 12.5. The largest absolute Gasteiger partial charge is 0.348 e. The smallest absolute Gasteiger partial charge is 0.256 e. The number of carbonyl (C=O) groups excluding carboxylic acids is 2. The predicted octanol–water partition coefficient (Wildman–Crippen LogP) is 2.56. The van der Waals surface area contributed by atoms with E-state index in [1.165, 1.54) is 0 Å². The zero-order valence-corrected chi connectivity index (χ0v) is 14.6. The Bertz CT molecular complexity index is 969. The third-order valence-electron chi connectivity index (χ3n) is 3.63. The Kier molecular flexibility index (Phi) is 5.07. The topological polar surface area (TPSA) is 88.4 Å². The summed E-state index contributed by atoms with van der Waals surface area (Å²) in [6.07, 6.45) is 4.79. The van der Waals surface area contributed by atoms with Crippen LogP contribution in [0, 0.1) is 0 Å². The highest BCUT2D eigenvalue weighted by atomic mass is 16.2. The van der Waals surface area contributed by atoms with Crippen LogP contribution in [0.4, 0.5) is 5.82 Å². The van der Waals surface area contributed by atoms with Crippen LogP contribution >= 0.6 is 0 Å². The number of amides is 2. The highest BCUT2D eigenvalue weighted by Gasteiger charge is 2.09. The maximum absolute atomic E-state index is 12.4. The van der Waals surface area contributed by atoms with Crippen LogP contribution in [0.2, 0.25) is 0 Å². The first kappa shape index (κ1) is 17.3. The van der Waals surface area contributed by atoms with Gasteiger partial charge in [-0.25, -0.2) is 4.98 Å². The number of allylic oxidation sites excluding steroid dienone is 1. The molecule has 0 unspecified atom stereocenters. The number of hydrogen-bond acceptors (Lipinski definition) is 4. The first-order valence-electron chi connectivity index (χ1n) is 8.15. The number of rotatable bonds is 5. The van der Waals surface area contributed by atoms with Crippen molar-refractivity contribution in [3.8, 4) is 0 Å². The summed E-state index contributed by atoms with van der Waals surface area (Å²) in [6, 6.07) is 10.5. The lowest BCUT2D eigenvalue weighted by Gasteiger charge is -2.08. The number of anilines is 1. The molecule has 0 fully saturated rings. The zero-order chi connectivity index (χ0) is 18.5. The van der Waals surface area contributed by atoms with Gasteiger partial charge in [0.2, 0.25) is 5.91 Å². The van der Waals surface area contributed by atoms with Gasteiger partial charge in [0.25, 0.3) is 5.91 Å². The van der Waals surface area contributed by atoms with Gasteiger partial charge >= 0.3 is 0 Å². The van der Waals surface area contributed by atoms with Crippen LogP contribution in [0.3, 0.4) is 0 Å². The Morgan fingerprint density at radius 2 is 1.85 bits per heavy atom. The molecular weight excluding hydrogens is 330 g/mol. The summed E-state index contributed by atoms with van der Waals surface area (Å²) >= 11 is 0. The standard InChI is InChI=1S/C19H19N5O2/c1-13(2)11-18(25)21-12-14-3-5-15(6-4-14)19(26)23-17-7-9-20-16-8-10-22-24(16)17/h3-11H,12H2,1-2H3,(H,21,25)(H,23,26). The molecule has 3 rings (SSSR count). The normalized spacial score (nSPS) is 10.4. The van der Waals surface area contributed by atoms with Gasteiger partial charge in [0.15, 0.2) is 5.65 Å². The lowest BCUT2D eigenvalue weighted by atomic mass is 10.1. The van der Waals surface area contributed by atoms with Crippen LogP contribution in [-0.2, 0) is 11.3 Å². The van der Waals surface area contributed by atoms with Gasteiger partial charge in [-0.15, -0.1) is 0 Å². The van der Waals surface area contributed by atoms with Crippen molar-refractivity contribution >= 4 is 23.3 Å². The van der Waals surface area contributed by atoms with Crippen molar-refractivity contribution in [1.82, 2.24) is 19.9 Å². The molecule has 0 saturated heterocycles. The molecule has 3 aromatic rings. The lowest BCUT2D eigenvalue weighted by molar-refractivity contribution is -0.116. The number of aromatic nitrogens is 3. The first-order valence-corrected chi connectivity index (χ1v) is 8.15. The SMILES string of the molecule is CC(C)=CC(=O)NCc1ccc(C(=O)Nc2ccnc3ccnn23)cc1. The van der Waals surface area contributed by atoms with Crippen LogP contribution in [0.5, 0.6) is 0 Å². The quantitative estimate of drug-likeness (QED) is 0.693. The number of hydrogen-bond donors (Lipinski definition) is 2. The van der Waals surface area contributed by atoms with Crippen LogP contribution in [-0.4, -0.2) is 26.4 Å². The van der Waals surface area contributed by atoms with E-state index in [0.717, 1.165) is 11.1 Å². The van der Waals surface area contributed by atoms with Gasteiger partial charge in [-0.3, -0.25) is 9.59 Å². The molecule has 132 valence electrons. The van der Waals surface area contributed by atoms with Gasteiger partial charge < -0.3 is 10.6 Å². The minimum atomic E-state index is -0.242. The lowest BCUT2D eigenvalue weighted by Crippen LogP contribution is -2.20. The molecule has 2 amide bonds. The Morgan fingerprint density at radius 1 is 1.08 bits per heavy atom. The molecule has 7 nitrogen and oxygen atoms in total. The molecule has 0 aliphatic rings. The molecule has 0 saturated carbocycles. The summed E-state index contributed by atoms with van der Waals surface area (Å²) in [5.74, 6) is 0.170. The van der Waals surface area contributed by atoms with Gasteiger partial charge in [0.1, 0.15) is 5.82 Å². The van der Waals surface area contributed by atoms with Gasteiger partial charge in [0.05, 0.1) is 6.20 Å². The Morgan fingerprint density at radius 3 is 2.58 bits per heavy atom. The fourth-order valence-corrected chi connectivity index (χ4v) is 2.39. The second-order valence-electron chi connectivity index (χ2n) is 6.02. The van der Waals surface area contributed by atoms with Crippen molar-refractivity contribution in [2.24, 2.45) is 0 Å². The Labute approximate surface area is 150 Å². The molecule has 0 aliphatic heterocycles. The number of carbonyl (C=O) groups is 2. The molecular formula is C19H19N5O2. The van der Waals surface area contributed by atoms with E-state index >= 15 is 0 Å². The molecule has 0 bridgehead atoms. The second kappa shape index (κ2) is 7.60. The molecule has 2 aromatic heterocycles. The number of benzene rings is 1.